The molecule has 106 valence electrons. The van der Waals surface area contributed by atoms with E-state index in [1.165, 1.54) is 11.1 Å². The van der Waals surface area contributed by atoms with Gasteiger partial charge in [-0.05, 0) is 12.1 Å². The zero-order valence-electron chi connectivity index (χ0n) is 11.7. The highest BCUT2D eigenvalue weighted by molar-refractivity contribution is 6.04. The third-order valence-corrected chi connectivity index (χ3v) is 2.87. The first kappa shape index (κ1) is 14.5. The van der Waals surface area contributed by atoms with Crippen LogP contribution in [-0.4, -0.2) is 29.5 Å². The average Bonchev–Trinajstić information content (AvgIpc) is 2.56. The van der Waals surface area contributed by atoms with Gasteiger partial charge in [0.25, 0.3) is 5.91 Å². The molecule has 0 spiro atoms. The van der Waals surface area contributed by atoms with E-state index in [0.29, 0.717) is 12.4 Å². The summed E-state index contributed by atoms with van der Waals surface area (Å²) >= 11 is 0. The minimum atomic E-state index is -0.277. The molecule has 1 N–H and O–H groups in total. The smallest absolute Gasteiger partial charge is 0.278 e. The summed E-state index contributed by atoms with van der Waals surface area (Å²) in [4.78, 5) is 22.3. The van der Waals surface area contributed by atoms with Crippen LogP contribution in [0.5, 0.6) is 0 Å². The van der Waals surface area contributed by atoms with Gasteiger partial charge in [-0.3, -0.25) is 9.78 Å². The number of nitriles is 1. The van der Waals surface area contributed by atoms with Crippen LogP contribution in [0, 0.1) is 11.3 Å². The summed E-state index contributed by atoms with van der Waals surface area (Å²) in [7, 11) is 1.71. The monoisotopic (exact) mass is 281 g/mol. The molecule has 2 rings (SSSR count). The summed E-state index contributed by atoms with van der Waals surface area (Å²) in [6, 6.07) is 11.3. The first-order chi connectivity index (χ1) is 10.3. The zero-order chi connectivity index (χ0) is 15.1. The van der Waals surface area contributed by atoms with Crippen molar-refractivity contribution in [2.45, 2.75) is 6.42 Å². The van der Waals surface area contributed by atoms with Crippen LogP contribution < -0.4 is 10.2 Å². The Morgan fingerprint density at radius 1 is 1.33 bits per heavy atom. The number of carbonyl (C=O) groups is 1. The molecule has 0 aliphatic rings. The van der Waals surface area contributed by atoms with Crippen LogP contribution in [0.25, 0.3) is 0 Å². The number of para-hydroxylation sites is 1. The van der Waals surface area contributed by atoms with Gasteiger partial charge in [-0.25, -0.2) is 4.98 Å². The molecule has 0 aliphatic heterocycles. The predicted octanol–water partition coefficient (Wildman–Crippen LogP) is 2.08. The Morgan fingerprint density at radius 3 is 2.76 bits per heavy atom. The first-order valence-corrected chi connectivity index (χ1v) is 6.50. The highest BCUT2D eigenvalue weighted by Gasteiger charge is 2.19. The number of benzene rings is 1. The average molecular weight is 281 g/mol. The van der Waals surface area contributed by atoms with E-state index < -0.39 is 0 Å². The zero-order valence-corrected chi connectivity index (χ0v) is 11.7. The Bertz CT molecular complexity index is 651. The van der Waals surface area contributed by atoms with E-state index >= 15 is 0 Å². The molecule has 6 nitrogen and oxygen atoms in total. The van der Waals surface area contributed by atoms with Gasteiger partial charge in [0, 0.05) is 19.3 Å². The lowest BCUT2D eigenvalue weighted by molar-refractivity contribution is 0.0982. The SMILES string of the molecule is CNc1cncc(C(=O)N(CCC#N)c2ccccc2)n1. The number of hydrogen-bond donors (Lipinski definition) is 1. The van der Waals surface area contributed by atoms with Gasteiger partial charge in [0.1, 0.15) is 11.5 Å². The van der Waals surface area contributed by atoms with Gasteiger partial charge >= 0.3 is 0 Å². The van der Waals surface area contributed by atoms with E-state index in [-0.39, 0.29) is 18.0 Å². The molecule has 0 fully saturated rings. The Labute approximate surface area is 123 Å². The molecule has 0 saturated heterocycles. The molecule has 6 heteroatoms. The fourth-order valence-electron chi connectivity index (χ4n) is 1.85. The van der Waals surface area contributed by atoms with Crippen molar-refractivity contribution in [1.82, 2.24) is 9.97 Å². The number of carbonyl (C=O) groups excluding carboxylic acids is 1. The Balaban J connectivity index is 2.32. The topological polar surface area (TPSA) is 81.9 Å². The molecule has 1 aromatic carbocycles. The molecule has 0 unspecified atom stereocenters. The van der Waals surface area contributed by atoms with E-state index in [1.54, 1.807) is 13.2 Å². The van der Waals surface area contributed by atoms with Crippen LogP contribution in [0.2, 0.25) is 0 Å². The van der Waals surface area contributed by atoms with Crippen LogP contribution in [0.3, 0.4) is 0 Å². The molecule has 0 aliphatic carbocycles. The van der Waals surface area contributed by atoms with Crippen molar-refractivity contribution >= 4 is 17.4 Å². The van der Waals surface area contributed by atoms with E-state index in [2.05, 4.69) is 21.4 Å². The molecule has 0 saturated carbocycles. The van der Waals surface area contributed by atoms with Crippen molar-refractivity contribution in [2.75, 3.05) is 23.8 Å². The van der Waals surface area contributed by atoms with Gasteiger partial charge in [0.2, 0.25) is 0 Å². The minimum absolute atomic E-state index is 0.239. The van der Waals surface area contributed by atoms with Crippen molar-refractivity contribution < 1.29 is 4.79 Å². The lowest BCUT2D eigenvalue weighted by Crippen LogP contribution is -2.32. The number of hydrogen-bond acceptors (Lipinski definition) is 5. The lowest BCUT2D eigenvalue weighted by Gasteiger charge is -2.21. The van der Waals surface area contributed by atoms with E-state index in [4.69, 9.17) is 5.26 Å². The number of nitrogens with one attached hydrogen (secondary N) is 1. The molecule has 0 atom stereocenters. The Hall–Kier alpha value is -2.94. The highest BCUT2D eigenvalue weighted by Crippen LogP contribution is 2.16. The van der Waals surface area contributed by atoms with E-state index in [9.17, 15) is 4.79 Å². The van der Waals surface area contributed by atoms with Crippen molar-refractivity contribution in [1.29, 1.82) is 5.26 Å². The quantitative estimate of drug-likeness (QED) is 0.907. The molecule has 1 amide bonds. The van der Waals surface area contributed by atoms with Gasteiger partial charge in [-0.2, -0.15) is 5.26 Å². The summed E-state index contributed by atoms with van der Waals surface area (Å²) in [5.41, 5.74) is 0.970. The summed E-state index contributed by atoms with van der Waals surface area (Å²) in [5.74, 6) is 0.246. The summed E-state index contributed by atoms with van der Waals surface area (Å²) in [6.45, 7) is 0.310. The van der Waals surface area contributed by atoms with E-state index in [1.807, 2.05) is 30.3 Å². The molecular formula is C15H15N5O. The van der Waals surface area contributed by atoms with E-state index in [0.717, 1.165) is 5.69 Å². The predicted molar refractivity (Wildman–Crippen MR) is 79.9 cm³/mol. The van der Waals surface area contributed by atoms with Gasteiger partial charge in [-0.15, -0.1) is 0 Å². The lowest BCUT2D eigenvalue weighted by atomic mass is 10.2. The number of amides is 1. The van der Waals surface area contributed by atoms with Crippen LogP contribution in [-0.2, 0) is 0 Å². The Morgan fingerprint density at radius 2 is 2.10 bits per heavy atom. The van der Waals surface area contributed by atoms with Gasteiger partial charge in [0.15, 0.2) is 0 Å². The van der Waals surface area contributed by atoms with Crippen LogP contribution >= 0.6 is 0 Å². The minimum Gasteiger partial charge on any atom is -0.372 e. The van der Waals surface area contributed by atoms with Crippen molar-refractivity contribution in [3.05, 3.63) is 48.4 Å². The van der Waals surface area contributed by atoms with Crippen LogP contribution in [0.1, 0.15) is 16.9 Å². The standard InChI is InChI=1S/C15H15N5O/c1-17-14-11-18-10-13(19-14)15(21)20(9-5-8-16)12-6-3-2-4-7-12/h2-4,6-7,10-11H,5,9H2,1H3,(H,17,19). The summed E-state index contributed by atoms with van der Waals surface area (Å²) in [6.07, 6.45) is 3.21. The van der Waals surface area contributed by atoms with Gasteiger partial charge < -0.3 is 10.2 Å². The molecule has 1 heterocycles. The second kappa shape index (κ2) is 7.01. The van der Waals surface area contributed by atoms with Crippen LogP contribution in [0.15, 0.2) is 42.7 Å². The second-order valence-corrected chi connectivity index (χ2v) is 4.24. The highest BCUT2D eigenvalue weighted by atomic mass is 16.2. The van der Waals surface area contributed by atoms with Gasteiger partial charge in [-0.1, -0.05) is 18.2 Å². The maximum Gasteiger partial charge on any atom is 0.278 e. The number of aromatic nitrogens is 2. The van der Waals surface area contributed by atoms with Gasteiger partial charge in [0.05, 0.1) is 24.9 Å². The number of anilines is 2. The fraction of sp³-hybridized carbons (Fsp3) is 0.200. The summed E-state index contributed by atoms with van der Waals surface area (Å²) < 4.78 is 0. The van der Waals surface area contributed by atoms with Crippen molar-refractivity contribution in [3.8, 4) is 6.07 Å². The first-order valence-electron chi connectivity index (χ1n) is 6.50. The molecule has 1 aromatic heterocycles. The maximum absolute atomic E-state index is 12.6. The maximum atomic E-state index is 12.6. The second-order valence-electron chi connectivity index (χ2n) is 4.24. The molecule has 0 bridgehead atoms. The molecule has 2 aromatic rings. The van der Waals surface area contributed by atoms with Crippen molar-refractivity contribution in [2.24, 2.45) is 0 Å². The molecule has 21 heavy (non-hydrogen) atoms. The molecular weight excluding hydrogens is 266 g/mol. The third-order valence-electron chi connectivity index (χ3n) is 2.87. The number of nitrogens with zero attached hydrogens (tertiary/aromatic N) is 4. The normalized spacial score (nSPS) is 9.71. The number of rotatable bonds is 5. The fourth-order valence-corrected chi connectivity index (χ4v) is 1.85. The third kappa shape index (κ3) is 3.54. The largest absolute Gasteiger partial charge is 0.372 e. The molecule has 0 radical (unpaired) electrons. The van der Waals surface area contributed by atoms with Crippen molar-refractivity contribution in [3.63, 3.8) is 0 Å². The Kier molecular flexibility index (Phi) is 4.83. The summed E-state index contributed by atoms with van der Waals surface area (Å²) in [5, 5.41) is 11.6. The van der Waals surface area contributed by atoms with Crippen LogP contribution in [0.4, 0.5) is 11.5 Å².